The van der Waals surface area contributed by atoms with Crippen LogP contribution in [0.1, 0.15) is 0 Å². The van der Waals surface area contributed by atoms with Crippen LogP contribution in [0.2, 0.25) is 0 Å². The zero-order valence-electron chi connectivity index (χ0n) is 2.69. The second-order valence-corrected chi connectivity index (χ2v) is 1.83. The highest BCUT2D eigenvalue weighted by Crippen LogP contribution is 1.95. The fourth-order valence-corrected chi connectivity index (χ4v) is 0. The average molecular weight is 110 g/mol. The highest BCUT2D eigenvalue weighted by molar-refractivity contribution is 8.22. The van der Waals surface area contributed by atoms with E-state index in [9.17, 15) is 4.39 Å². The van der Waals surface area contributed by atoms with Gasteiger partial charge in [-0.2, -0.15) is 4.39 Å². The maximum atomic E-state index is 11.1. The Morgan fingerprint density at radius 2 is 2.20 bits per heavy atom. The van der Waals surface area contributed by atoms with E-state index in [1.54, 1.807) is 6.26 Å². The molecule has 0 aromatic rings. The number of thioether (sulfide) groups is 1. The second kappa shape index (κ2) is 2.60. The molecule has 0 heterocycles. The molecule has 0 nitrogen and oxygen atoms in total. The van der Waals surface area contributed by atoms with E-state index < -0.39 is 4.45 Å². The minimum atomic E-state index is -0.495. The zero-order chi connectivity index (χ0) is 4.28. The highest BCUT2D eigenvalue weighted by atomic mass is 32.2. The first-order chi connectivity index (χ1) is 2.27. The molecule has 0 rings (SSSR count). The number of rotatable bonds is 0. The number of hydrogen-bond acceptors (Lipinski definition) is 2. The van der Waals surface area contributed by atoms with E-state index in [4.69, 9.17) is 0 Å². The molecule has 0 spiro atoms. The molecule has 0 amide bonds. The predicted molar refractivity (Wildman–Crippen MR) is 27.2 cm³/mol. The van der Waals surface area contributed by atoms with Gasteiger partial charge in [0.15, 0.2) is 0 Å². The Kier molecular flexibility index (Phi) is 2.79. The molecular weight excluding hydrogens is 107 g/mol. The van der Waals surface area contributed by atoms with Gasteiger partial charge in [0.25, 0.3) is 0 Å². The quantitative estimate of drug-likeness (QED) is 0.343. The third-order valence-corrected chi connectivity index (χ3v) is 0.981. The first-order valence-electron chi connectivity index (χ1n) is 1.01. The Hall–Kier alpha value is 0.370. The largest absolute Gasteiger partial charge is 0.220 e. The molecule has 0 N–H and O–H groups in total. The van der Waals surface area contributed by atoms with Gasteiger partial charge in [-0.25, -0.2) is 0 Å². The smallest absolute Gasteiger partial charge is 0.186 e. The van der Waals surface area contributed by atoms with Gasteiger partial charge < -0.3 is 0 Å². The first-order valence-corrected chi connectivity index (χ1v) is 2.64. The molecule has 0 saturated carbocycles. The zero-order valence-corrected chi connectivity index (χ0v) is 4.33. The average Bonchev–Trinajstić information content (AvgIpc) is 1.38. The molecule has 3 heteroatoms. The van der Waals surface area contributed by atoms with Gasteiger partial charge >= 0.3 is 0 Å². The van der Waals surface area contributed by atoms with Gasteiger partial charge in [0, 0.05) is 0 Å². The maximum absolute atomic E-state index is 11.1. The molecule has 0 saturated heterocycles. The molecule has 0 aromatic carbocycles. The van der Waals surface area contributed by atoms with Crippen LogP contribution in [0.4, 0.5) is 4.39 Å². The van der Waals surface area contributed by atoms with E-state index in [2.05, 4.69) is 12.2 Å². The van der Waals surface area contributed by atoms with Crippen molar-refractivity contribution in [3.05, 3.63) is 0 Å². The van der Waals surface area contributed by atoms with Gasteiger partial charge in [0.1, 0.15) is 0 Å². The summed E-state index contributed by atoms with van der Waals surface area (Å²) in [7, 11) is 0. The van der Waals surface area contributed by atoms with Crippen molar-refractivity contribution < 1.29 is 4.39 Å². The number of halogens is 1. The number of hydrogen-bond donors (Lipinski definition) is 0. The molecule has 0 fully saturated rings. The van der Waals surface area contributed by atoms with Gasteiger partial charge in [0.2, 0.25) is 4.45 Å². The summed E-state index contributed by atoms with van der Waals surface area (Å²) in [6.07, 6.45) is 1.60. The van der Waals surface area contributed by atoms with Gasteiger partial charge in [-0.1, -0.05) is 11.8 Å². The van der Waals surface area contributed by atoms with Crippen molar-refractivity contribution in [2.45, 2.75) is 0 Å². The lowest BCUT2D eigenvalue weighted by molar-refractivity contribution is 0.853. The standard InChI is InChI=1S/C2H3FS2/c1-5-2(3)4/h1H3. The van der Waals surface area contributed by atoms with Crippen molar-refractivity contribution >= 4 is 28.4 Å². The Labute approximate surface area is 39.8 Å². The van der Waals surface area contributed by atoms with E-state index >= 15 is 0 Å². The molecule has 0 aromatic heterocycles. The van der Waals surface area contributed by atoms with Crippen molar-refractivity contribution in [1.29, 1.82) is 0 Å². The Balaban J connectivity index is 2.85. The maximum Gasteiger partial charge on any atom is 0.220 e. The summed E-state index contributed by atoms with van der Waals surface area (Å²) in [5, 5.41) is 0. The molecule has 0 aliphatic carbocycles. The summed E-state index contributed by atoms with van der Waals surface area (Å²) in [4.78, 5) is 0. The molecule has 0 atom stereocenters. The van der Waals surface area contributed by atoms with Gasteiger partial charge in [-0.15, -0.1) is 0 Å². The summed E-state index contributed by atoms with van der Waals surface area (Å²) in [6, 6.07) is 0. The molecule has 0 aliphatic rings. The number of thiocarbonyl (C=S) groups is 1. The Morgan fingerprint density at radius 3 is 2.20 bits per heavy atom. The summed E-state index contributed by atoms with van der Waals surface area (Å²) >= 11 is 4.94. The van der Waals surface area contributed by atoms with Crippen molar-refractivity contribution in [1.82, 2.24) is 0 Å². The predicted octanol–water partition coefficient (Wildman–Crippen LogP) is 1.60. The fraction of sp³-hybridized carbons (Fsp3) is 0.500. The lowest BCUT2D eigenvalue weighted by Gasteiger charge is -1.71. The first kappa shape index (κ1) is 5.37. The Bertz CT molecular complexity index is 42.9. The van der Waals surface area contributed by atoms with E-state index in [0.29, 0.717) is 0 Å². The van der Waals surface area contributed by atoms with Crippen LogP contribution in [0, 0.1) is 0 Å². The molecule has 0 aliphatic heterocycles. The highest BCUT2D eigenvalue weighted by Gasteiger charge is 1.78. The summed E-state index contributed by atoms with van der Waals surface area (Å²) in [6.45, 7) is 0. The normalized spacial score (nSPS) is 7.60. The van der Waals surface area contributed by atoms with E-state index in [1.807, 2.05) is 0 Å². The summed E-state index contributed by atoms with van der Waals surface area (Å²) in [5.74, 6) is 0. The Morgan fingerprint density at radius 1 is 2.00 bits per heavy atom. The third kappa shape index (κ3) is 4.37. The lowest BCUT2D eigenvalue weighted by Crippen LogP contribution is -1.62. The van der Waals surface area contributed by atoms with Crippen LogP contribution in [0.5, 0.6) is 0 Å². The van der Waals surface area contributed by atoms with Crippen LogP contribution in [-0.2, 0) is 0 Å². The topological polar surface area (TPSA) is 0 Å². The molecule has 0 unspecified atom stereocenters. The van der Waals surface area contributed by atoms with Crippen molar-refractivity contribution in [3.8, 4) is 0 Å². The minimum Gasteiger partial charge on any atom is -0.186 e. The summed E-state index contributed by atoms with van der Waals surface area (Å²) < 4.78 is 10.6. The van der Waals surface area contributed by atoms with Crippen molar-refractivity contribution in [2.24, 2.45) is 0 Å². The van der Waals surface area contributed by atoms with Crippen LogP contribution in [0.25, 0.3) is 0 Å². The van der Waals surface area contributed by atoms with Gasteiger partial charge in [0.05, 0.1) is 0 Å². The van der Waals surface area contributed by atoms with Crippen LogP contribution in [-0.4, -0.2) is 10.7 Å². The van der Waals surface area contributed by atoms with Gasteiger partial charge in [-0.05, 0) is 18.5 Å². The second-order valence-electron chi connectivity index (χ2n) is 0.442. The van der Waals surface area contributed by atoms with Crippen molar-refractivity contribution in [2.75, 3.05) is 6.26 Å². The van der Waals surface area contributed by atoms with Crippen LogP contribution in [0.3, 0.4) is 0 Å². The molecule has 0 bridgehead atoms. The molecule has 30 valence electrons. The fourth-order valence-electron chi connectivity index (χ4n) is 0. The third-order valence-electron chi connectivity index (χ3n) is 0.160. The van der Waals surface area contributed by atoms with E-state index in [1.165, 1.54) is 0 Å². The van der Waals surface area contributed by atoms with Crippen LogP contribution < -0.4 is 0 Å². The van der Waals surface area contributed by atoms with Crippen LogP contribution in [0.15, 0.2) is 0 Å². The van der Waals surface area contributed by atoms with Crippen molar-refractivity contribution in [3.63, 3.8) is 0 Å². The molecule has 5 heavy (non-hydrogen) atoms. The summed E-state index contributed by atoms with van der Waals surface area (Å²) in [5.41, 5.74) is 0. The van der Waals surface area contributed by atoms with E-state index in [0.717, 1.165) is 11.8 Å². The van der Waals surface area contributed by atoms with E-state index in [-0.39, 0.29) is 0 Å². The SMILES string of the molecule is CSC(F)=S. The van der Waals surface area contributed by atoms with Crippen LogP contribution >= 0.6 is 24.0 Å². The van der Waals surface area contributed by atoms with Gasteiger partial charge in [-0.3, -0.25) is 0 Å². The monoisotopic (exact) mass is 110 g/mol. The molecule has 0 radical (unpaired) electrons. The molecular formula is C2H3FS2. The minimum absolute atomic E-state index is 0.495. The lowest BCUT2D eigenvalue weighted by atomic mass is 11.8.